The SMILES string of the molecule is O=C(O)CCCCC(=O)NCCCOCCCCOCCCNC(=O)CCC(=O)N[C@@H](CCC(=O)O)C(=O)O. The Morgan fingerprint density at radius 1 is 0.538 bits per heavy atom. The number of hydrogen-bond acceptors (Lipinski definition) is 8. The van der Waals surface area contributed by atoms with Crippen molar-refractivity contribution in [2.75, 3.05) is 39.5 Å². The second-order valence-electron chi connectivity index (χ2n) is 8.83. The number of carboxylic acid groups (broad SMARTS) is 3. The van der Waals surface area contributed by atoms with Gasteiger partial charge in [-0.15, -0.1) is 0 Å². The highest BCUT2D eigenvalue weighted by molar-refractivity contribution is 5.87. The van der Waals surface area contributed by atoms with E-state index in [-0.39, 0.29) is 37.5 Å². The molecule has 0 aliphatic rings. The largest absolute Gasteiger partial charge is 0.481 e. The van der Waals surface area contributed by atoms with E-state index in [1.807, 2.05) is 0 Å². The predicted octanol–water partition coefficient (Wildman–Crippen LogP) is 0.672. The van der Waals surface area contributed by atoms with Gasteiger partial charge in [0.25, 0.3) is 0 Å². The number of carboxylic acids is 3. The van der Waals surface area contributed by atoms with Gasteiger partial charge in [0.2, 0.25) is 17.7 Å². The van der Waals surface area contributed by atoms with Gasteiger partial charge in [0.05, 0.1) is 0 Å². The van der Waals surface area contributed by atoms with E-state index < -0.39 is 36.3 Å². The Bertz CT molecular complexity index is 762. The van der Waals surface area contributed by atoms with Gasteiger partial charge < -0.3 is 40.7 Å². The molecule has 0 radical (unpaired) electrons. The first-order chi connectivity index (χ1) is 18.6. The van der Waals surface area contributed by atoms with Crippen molar-refractivity contribution in [1.82, 2.24) is 16.0 Å². The summed E-state index contributed by atoms with van der Waals surface area (Å²) < 4.78 is 11.0. The summed E-state index contributed by atoms with van der Waals surface area (Å²) in [7, 11) is 0. The maximum Gasteiger partial charge on any atom is 0.326 e. The fourth-order valence-corrected chi connectivity index (χ4v) is 3.17. The Morgan fingerprint density at radius 2 is 1.00 bits per heavy atom. The highest BCUT2D eigenvalue weighted by Gasteiger charge is 2.21. The number of aliphatic carboxylic acids is 3. The second-order valence-corrected chi connectivity index (χ2v) is 8.83. The van der Waals surface area contributed by atoms with Crippen molar-refractivity contribution in [2.24, 2.45) is 0 Å². The normalized spacial score (nSPS) is 11.4. The Balaban J connectivity index is 3.52. The minimum Gasteiger partial charge on any atom is -0.481 e. The lowest BCUT2D eigenvalue weighted by Gasteiger charge is -2.13. The molecule has 0 aliphatic carbocycles. The molecule has 224 valence electrons. The van der Waals surface area contributed by atoms with Gasteiger partial charge in [-0.3, -0.25) is 24.0 Å². The van der Waals surface area contributed by atoms with Crippen LogP contribution < -0.4 is 16.0 Å². The third kappa shape index (κ3) is 24.8. The number of rotatable bonds is 26. The number of amides is 3. The van der Waals surface area contributed by atoms with Crippen LogP contribution in [0.3, 0.4) is 0 Å². The molecule has 0 heterocycles. The molecule has 39 heavy (non-hydrogen) atoms. The van der Waals surface area contributed by atoms with Crippen LogP contribution in [-0.4, -0.2) is 96.5 Å². The molecule has 3 amide bonds. The van der Waals surface area contributed by atoms with E-state index in [0.717, 1.165) is 12.8 Å². The van der Waals surface area contributed by atoms with Gasteiger partial charge in [-0.25, -0.2) is 4.79 Å². The molecular formula is C25H43N3O11. The van der Waals surface area contributed by atoms with Gasteiger partial charge in [0, 0.05) is 71.6 Å². The van der Waals surface area contributed by atoms with Crippen LogP contribution in [0.25, 0.3) is 0 Å². The van der Waals surface area contributed by atoms with Crippen LogP contribution in [0.15, 0.2) is 0 Å². The number of unbranched alkanes of at least 4 members (excludes halogenated alkanes) is 2. The standard InChI is InChI=1S/C25H43N3O11/c29-20(7-1-2-8-23(32)33)26-13-5-17-38-15-3-4-16-39-18-6-14-27-21(30)10-11-22(31)28-19(25(36)37)9-12-24(34)35/h19H,1-18H2,(H,26,29)(H,27,30)(H,28,31)(H,32,33)(H,34,35)(H,36,37)/t19-/m0/s1. The number of carbonyl (C=O) groups excluding carboxylic acids is 3. The smallest absolute Gasteiger partial charge is 0.326 e. The summed E-state index contributed by atoms with van der Waals surface area (Å²) in [5.41, 5.74) is 0. The molecule has 0 rings (SSSR count). The summed E-state index contributed by atoms with van der Waals surface area (Å²) >= 11 is 0. The van der Waals surface area contributed by atoms with Crippen LogP contribution in [0.1, 0.15) is 77.0 Å². The summed E-state index contributed by atoms with van der Waals surface area (Å²) in [4.78, 5) is 67.2. The van der Waals surface area contributed by atoms with Crippen molar-refractivity contribution in [3.05, 3.63) is 0 Å². The van der Waals surface area contributed by atoms with Gasteiger partial charge in [0.1, 0.15) is 6.04 Å². The van der Waals surface area contributed by atoms with E-state index in [4.69, 9.17) is 24.8 Å². The van der Waals surface area contributed by atoms with Crippen LogP contribution in [0, 0.1) is 0 Å². The van der Waals surface area contributed by atoms with E-state index in [0.29, 0.717) is 71.6 Å². The molecular weight excluding hydrogens is 518 g/mol. The lowest BCUT2D eigenvalue weighted by molar-refractivity contribution is -0.143. The maximum atomic E-state index is 11.8. The van der Waals surface area contributed by atoms with Crippen molar-refractivity contribution in [2.45, 2.75) is 83.1 Å². The molecule has 0 aliphatic heterocycles. The first kappa shape index (κ1) is 35.7. The van der Waals surface area contributed by atoms with Gasteiger partial charge in [-0.2, -0.15) is 0 Å². The molecule has 0 unspecified atom stereocenters. The fraction of sp³-hybridized carbons (Fsp3) is 0.760. The Kier molecular flexibility index (Phi) is 21.8. The third-order valence-electron chi connectivity index (χ3n) is 5.31. The maximum absolute atomic E-state index is 11.8. The van der Waals surface area contributed by atoms with Gasteiger partial charge in [-0.1, -0.05) is 0 Å². The molecule has 0 aromatic heterocycles. The van der Waals surface area contributed by atoms with Crippen molar-refractivity contribution >= 4 is 35.6 Å². The molecule has 0 fully saturated rings. The topological polar surface area (TPSA) is 218 Å². The van der Waals surface area contributed by atoms with Crippen LogP contribution >= 0.6 is 0 Å². The molecule has 0 saturated carbocycles. The number of ether oxygens (including phenoxy) is 2. The average Bonchev–Trinajstić information content (AvgIpc) is 2.87. The first-order valence-corrected chi connectivity index (χ1v) is 13.3. The van der Waals surface area contributed by atoms with Crippen LogP contribution in [0.4, 0.5) is 0 Å². The van der Waals surface area contributed by atoms with Crippen LogP contribution in [0.5, 0.6) is 0 Å². The second kappa shape index (κ2) is 23.8. The van der Waals surface area contributed by atoms with E-state index in [1.165, 1.54) is 0 Å². The summed E-state index contributed by atoms with van der Waals surface area (Å²) in [5.74, 6) is -4.41. The predicted molar refractivity (Wildman–Crippen MR) is 138 cm³/mol. The van der Waals surface area contributed by atoms with Gasteiger partial charge in [-0.05, 0) is 44.9 Å². The van der Waals surface area contributed by atoms with Crippen LogP contribution in [-0.2, 0) is 38.2 Å². The molecule has 14 nitrogen and oxygen atoms in total. The minimum absolute atomic E-state index is 0.0781. The molecule has 1 atom stereocenters. The van der Waals surface area contributed by atoms with Crippen molar-refractivity contribution in [3.63, 3.8) is 0 Å². The summed E-state index contributed by atoms with van der Waals surface area (Å²) in [6.45, 7) is 3.03. The molecule has 6 N–H and O–H groups in total. The average molecular weight is 562 g/mol. The first-order valence-electron chi connectivity index (χ1n) is 13.3. The summed E-state index contributed by atoms with van der Waals surface area (Å²) in [5, 5.41) is 33.8. The van der Waals surface area contributed by atoms with E-state index in [9.17, 15) is 28.8 Å². The number of carbonyl (C=O) groups is 6. The highest BCUT2D eigenvalue weighted by atomic mass is 16.5. The van der Waals surface area contributed by atoms with Crippen LogP contribution in [0.2, 0.25) is 0 Å². The lowest BCUT2D eigenvalue weighted by atomic mass is 10.1. The molecule has 0 bridgehead atoms. The molecule has 0 aromatic rings. The van der Waals surface area contributed by atoms with E-state index in [2.05, 4.69) is 16.0 Å². The Hall–Kier alpha value is -3.26. The fourth-order valence-electron chi connectivity index (χ4n) is 3.17. The summed E-state index contributed by atoms with van der Waals surface area (Å²) in [6.07, 6.45) is 3.45. The molecule has 14 heteroatoms. The molecule has 0 aromatic carbocycles. The van der Waals surface area contributed by atoms with Crippen molar-refractivity contribution < 1.29 is 53.6 Å². The Labute approximate surface area is 228 Å². The molecule has 0 saturated heterocycles. The highest BCUT2D eigenvalue weighted by Crippen LogP contribution is 2.01. The molecule has 0 spiro atoms. The minimum atomic E-state index is -1.33. The van der Waals surface area contributed by atoms with E-state index >= 15 is 0 Å². The quantitative estimate of drug-likeness (QED) is 0.0806. The summed E-state index contributed by atoms with van der Waals surface area (Å²) in [6, 6.07) is -1.31. The van der Waals surface area contributed by atoms with Gasteiger partial charge >= 0.3 is 17.9 Å². The number of hydrogen-bond donors (Lipinski definition) is 6. The Morgan fingerprint density at radius 3 is 1.51 bits per heavy atom. The van der Waals surface area contributed by atoms with Crippen molar-refractivity contribution in [3.8, 4) is 0 Å². The third-order valence-corrected chi connectivity index (χ3v) is 5.31. The van der Waals surface area contributed by atoms with Crippen molar-refractivity contribution in [1.29, 1.82) is 0 Å². The van der Waals surface area contributed by atoms with E-state index in [1.54, 1.807) is 0 Å². The zero-order chi connectivity index (χ0) is 29.3. The zero-order valence-electron chi connectivity index (χ0n) is 22.4. The zero-order valence-corrected chi connectivity index (χ0v) is 22.4. The van der Waals surface area contributed by atoms with Gasteiger partial charge in [0.15, 0.2) is 0 Å². The lowest BCUT2D eigenvalue weighted by Crippen LogP contribution is -2.41. The number of nitrogens with one attached hydrogen (secondary N) is 3. The monoisotopic (exact) mass is 561 g/mol.